The Morgan fingerprint density at radius 1 is 1.06 bits per heavy atom. The molecule has 0 bridgehead atoms. The van der Waals surface area contributed by atoms with Gasteiger partial charge >= 0.3 is 12.4 Å². The van der Waals surface area contributed by atoms with Crippen LogP contribution in [0.1, 0.15) is 47.7 Å². The lowest BCUT2D eigenvalue weighted by Gasteiger charge is -2.35. The van der Waals surface area contributed by atoms with Gasteiger partial charge in [0.15, 0.2) is 0 Å². The van der Waals surface area contributed by atoms with Crippen LogP contribution in [0.5, 0.6) is 0 Å². The van der Waals surface area contributed by atoms with Crippen molar-refractivity contribution in [1.82, 2.24) is 15.3 Å². The molecule has 1 saturated heterocycles. The molecule has 1 aliphatic carbocycles. The summed E-state index contributed by atoms with van der Waals surface area (Å²) in [6.07, 6.45) is -9.29. The van der Waals surface area contributed by atoms with Gasteiger partial charge in [-0.15, -0.1) is 0 Å². The van der Waals surface area contributed by atoms with Crippen LogP contribution in [0.3, 0.4) is 0 Å². The molecule has 2 aromatic carbocycles. The molecule has 1 aliphatic heterocycles. The van der Waals surface area contributed by atoms with Gasteiger partial charge < -0.3 is 4.90 Å². The van der Waals surface area contributed by atoms with E-state index in [9.17, 15) is 31.1 Å². The van der Waals surface area contributed by atoms with Gasteiger partial charge in [-0.25, -0.2) is 5.01 Å². The minimum Gasteiger partial charge on any atom is -0.338 e. The van der Waals surface area contributed by atoms with Crippen molar-refractivity contribution < 1.29 is 31.1 Å². The van der Waals surface area contributed by atoms with E-state index in [1.807, 2.05) is 35.3 Å². The zero-order chi connectivity index (χ0) is 25.1. The van der Waals surface area contributed by atoms with Crippen LogP contribution in [0.15, 0.2) is 48.5 Å². The second-order valence-electron chi connectivity index (χ2n) is 9.06. The first kappa shape index (κ1) is 24.5. The van der Waals surface area contributed by atoms with E-state index in [1.165, 1.54) is 18.9 Å². The van der Waals surface area contributed by atoms with Gasteiger partial charge in [-0.3, -0.25) is 10.2 Å². The first-order valence-corrected chi connectivity index (χ1v) is 10.9. The normalized spacial score (nSPS) is 25.7. The van der Waals surface area contributed by atoms with Gasteiger partial charge in [-0.2, -0.15) is 26.3 Å². The van der Waals surface area contributed by atoms with Crippen molar-refractivity contribution in [3.63, 3.8) is 0 Å². The summed E-state index contributed by atoms with van der Waals surface area (Å²) < 4.78 is 80.0. The van der Waals surface area contributed by atoms with E-state index in [2.05, 4.69) is 5.43 Å². The highest BCUT2D eigenvalue weighted by molar-refractivity contribution is 5.88. The summed E-state index contributed by atoms with van der Waals surface area (Å²) in [5, 5.41) is 1.96. The van der Waals surface area contributed by atoms with E-state index in [1.54, 1.807) is 7.05 Å². The van der Waals surface area contributed by atoms with Crippen molar-refractivity contribution in [2.75, 3.05) is 20.6 Å². The third-order valence-corrected chi connectivity index (χ3v) is 7.16. The predicted molar refractivity (Wildman–Crippen MR) is 113 cm³/mol. The zero-order valence-electron chi connectivity index (χ0n) is 18.8. The molecular weight excluding hydrogens is 460 g/mol. The molecule has 2 aromatic rings. The average Bonchev–Trinajstić information content (AvgIpc) is 3.41. The first-order valence-electron chi connectivity index (χ1n) is 10.9. The van der Waals surface area contributed by atoms with Gasteiger partial charge in [-0.1, -0.05) is 30.3 Å². The molecule has 0 aromatic heterocycles. The highest BCUT2D eigenvalue weighted by atomic mass is 19.4. The Hall–Kier alpha value is -2.59. The summed E-state index contributed by atoms with van der Waals surface area (Å²) in [5.74, 6) is -0.248. The van der Waals surface area contributed by atoms with E-state index in [0.29, 0.717) is 25.1 Å². The van der Waals surface area contributed by atoms with Crippen LogP contribution in [0.4, 0.5) is 26.3 Å². The van der Waals surface area contributed by atoms with Gasteiger partial charge in [0.05, 0.1) is 28.6 Å². The predicted octanol–water partition coefficient (Wildman–Crippen LogP) is 5.44. The number of carbonyl (C=O) groups excluding carboxylic acids is 1. The number of nitrogens with one attached hydrogen (secondary N) is 1. The minimum absolute atomic E-state index is 0.0413. The van der Waals surface area contributed by atoms with E-state index in [4.69, 9.17) is 0 Å². The minimum atomic E-state index is -4.95. The molecule has 1 amide bonds. The van der Waals surface area contributed by atoms with Gasteiger partial charge in [0.2, 0.25) is 5.91 Å². The Morgan fingerprint density at radius 2 is 1.62 bits per heavy atom. The number of hydrogen-bond acceptors (Lipinski definition) is 3. The largest absolute Gasteiger partial charge is 0.416 e. The van der Waals surface area contributed by atoms with Crippen molar-refractivity contribution >= 4 is 5.91 Å². The van der Waals surface area contributed by atoms with Crippen LogP contribution < -0.4 is 5.43 Å². The number of hydrazine groups is 1. The Bertz CT molecular complexity index is 1040. The number of fused-ring (bicyclic) bond motifs is 1. The molecule has 1 heterocycles. The molecule has 1 N–H and O–H groups in total. The third-order valence-electron chi connectivity index (χ3n) is 7.16. The summed E-state index contributed by atoms with van der Waals surface area (Å²) in [7, 11) is 3.20. The van der Waals surface area contributed by atoms with Crippen molar-refractivity contribution in [3.05, 3.63) is 70.8 Å². The fraction of sp³-hybridized carbons (Fsp3) is 0.458. The number of nitrogens with zero attached hydrogens (tertiary/aromatic N) is 2. The van der Waals surface area contributed by atoms with Gasteiger partial charge in [-0.05, 0) is 55.6 Å². The van der Waals surface area contributed by atoms with E-state index in [0.717, 1.165) is 5.56 Å². The highest BCUT2D eigenvalue weighted by Crippen LogP contribution is 2.67. The molecule has 2 aliphatic rings. The second kappa shape index (κ2) is 8.27. The van der Waals surface area contributed by atoms with Crippen LogP contribution in [-0.4, -0.2) is 36.5 Å². The maximum atomic E-state index is 13.8. The molecule has 2 fully saturated rings. The molecule has 1 saturated carbocycles. The lowest BCUT2D eigenvalue weighted by molar-refractivity contribution is -0.143. The molecule has 0 unspecified atom stereocenters. The summed E-state index contributed by atoms with van der Waals surface area (Å²) in [6, 6.07) is 9.61. The van der Waals surface area contributed by atoms with Gasteiger partial charge in [0.25, 0.3) is 0 Å². The number of hydrogen-bond donors (Lipinski definition) is 1. The summed E-state index contributed by atoms with van der Waals surface area (Å²) >= 11 is 0. The Morgan fingerprint density at radius 3 is 2.12 bits per heavy atom. The van der Waals surface area contributed by atoms with Crippen molar-refractivity contribution in [1.29, 1.82) is 0 Å². The Kier molecular flexibility index (Phi) is 5.96. The molecule has 0 spiro atoms. The van der Waals surface area contributed by atoms with Crippen LogP contribution in [-0.2, 0) is 17.1 Å². The molecule has 4 atom stereocenters. The maximum Gasteiger partial charge on any atom is 0.416 e. The van der Waals surface area contributed by atoms with Crippen LogP contribution in [0, 0.1) is 11.3 Å². The quantitative estimate of drug-likeness (QED) is 0.573. The average molecular weight is 485 g/mol. The fourth-order valence-corrected chi connectivity index (χ4v) is 5.19. The number of alkyl halides is 6. The SMILES string of the molecule is CNN1C[C@H]2C[C@]2(C(=O)N(C)[C@H](C)c2cc(C(F)(F)F)cc(C(F)(F)F)c2)[C@@H]1c1ccccc1. The summed E-state index contributed by atoms with van der Waals surface area (Å²) in [6.45, 7) is 2.07. The Labute approximate surface area is 193 Å². The number of amides is 1. The van der Waals surface area contributed by atoms with Crippen LogP contribution in [0.2, 0.25) is 0 Å². The highest BCUT2D eigenvalue weighted by Gasteiger charge is 2.71. The number of halogens is 6. The lowest BCUT2D eigenvalue weighted by atomic mass is 9.88. The van der Waals surface area contributed by atoms with E-state index < -0.39 is 34.9 Å². The molecule has 0 radical (unpaired) electrons. The molecule has 184 valence electrons. The fourth-order valence-electron chi connectivity index (χ4n) is 5.19. The monoisotopic (exact) mass is 485 g/mol. The molecule has 4 rings (SSSR count). The number of carbonyl (C=O) groups is 1. The Balaban J connectivity index is 1.68. The molecule has 4 nitrogen and oxygen atoms in total. The van der Waals surface area contributed by atoms with Gasteiger partial charge in [0.1, 0.15) is 0 Å². The standard InChI is InChI=1S/C24H25F6N3O/c1-14(16-9-17(23(25,26)27)11-18(10-16)24(28,29)30)32(3)21(34)22-12-19(22)13-33(31-2)20(22)15-7-5-4-6-8-15/h4-11,14,19-20,31H,12-13H2,1-3H3/t14-,19-,20+,22-/m1/s1. The third kappa shape index (κ3) is 4.07. The summed E-state index contributed by atoms with van der Waals surface area (Å²) in [5.41, 5.74) is 0.245. The first-order chi connectivity index (χ1) is 15.8. The summed E-state index contributed by atoms with van der Waals surface area (Å²) in [4.78, 5) is 15.0. The number of piperidine rings is 1. The molecule has 34 heavy (non-hydrogen) atoms. The molecule has 10 heteroatoms. The van der Waals surface area contributed by atoms with Crippen molar-refractivity contribution in [2.45, 2.75) is 37.8 Å². The van der Waals surface area contributed by atoms with Crippen LogP contribution in [0.25, 0.3) is 0 Å². The van der Waals surface area contributed by atoms with Gasteiger partial charge in [0, 0.05) is 13.6 Å². The molecular formula is C24H25F6N3O. The smallest absolute Gasteiger partial charge is 0.338 e. The van der Waals surface area contributed by atoms with E-state index >= 15 is 0 Å². The second-order valence-corrected chi connectivity index (χ2v) is 9.06. The lowest BCUT2D eigenvalue weighted by Crippen LogP contribution is -2.44. The van der Waals surface area contributed by atoms with E-state index in [-0.39, 0.29) is 29.5 Å². The maximum absolute atomic E-state index is 13.8. The van der Waals surface area contributed by atoms with Crippen LogP contribution >= 0.6 is 0 Å². The number of benzene rings is 2. The topological polar surface area (TPSA) is 35.6 Å². The van der Waals surface area contributed by atoms with Crippen molar-refractivity contribution in [2.24, 2.45) is 11.3 Å². The van der Waals surface area contributed by atoms with Crippen molar-refractivity contribution in [3.8, 4) is 0 Å². The number of rotatable bonds is 5. The zero-order valence-corrected chi connectivity index (χ0v) is 18.8.